The van der Waals surface area contributed by atoms with E-state index in [1.807, 2.05) is 31.2 Å². The van der Waals surface area contributed by atoms with Gasteiger partial charge in [0.25, 0.3) is 0 Å². The van der Waals surface area contributed by atoms with E-state index in [0.717, 1.165) is 30.7 Å². The highest BCUT2D eigenvalue weighted by atomic mass is 32.2. The van der Waals surface area contributed by atoms with Crippen molar-refractivity contribution < 1.29 is 23.0 Å². The van der Waals surface area contributed by atoms with Crippen LogP contribution in [0.1, 0.15) is 18.4 Å². The summed E-state index contributed by atoms with van der Waals surface area (Å²) >= 11 is 0. The number of aliphatic hydroxyl groups is 1. The number of piperidine rings is 1. The number of hydrogen-bond acceptors (Lipinski definition) is 6. The normalized spacial score (nSPS) is 26.6. The molecule has 2 heterocycles. The highest BCUT2D eigenvalue weighted by Gasteiger charge is 2.37. The maximum absolute atomic E-state index is 11.7. The first-order valence-corrected chi connectivity index (χ1v) is 11.3. The second-order valence-corrected chi connectivity index (χ2v) is 9.72. The van der Waals surface area contributed by atoms with Crippen LogP contribution in [0.4, 0.5) is 0 Å². The summed E-state index contributed by atoms with van der Waals surface area (Å²) < 4.78 is 36.4. The second kappa shape index (κ2) is 8.45. The summed E-state index contributed by atoms with van der Waals surface area (Å²) in [5, 5.41) is 11.1. The van der Waals surface area contributed by atoms with E-state index in [1.54, 1.807) is 0 Å². The van der Waals surface area contributed by atoms with Crippen molar-refractivity contribution in [3.63, 3.8) is 0 Å². The average molecular weight is 399 g/mol. The Morgan fingerprint density at radius 2 is 1.89 bits per heavy atom. The number of nitrogens with zero attached hydrogens (tertiary/aromatic N) is 2. The highest BCUT2D eigenvalue weighted by molar-refractivity contribution is 7.88. The Bertz CT molecular complexity index is 716. The maximum atomic E-state index is 11.7. The molecule has 0 spiro atoms. The minimum atomic E-state index is -3.13. The summed E-state index contributed by atoms with van der Waals surface area (Å²) in [6.07, 6.45) is 2.79. The maximum Gasteiger partial charge on any atom is 0.211 e. The first-order chi connectivity index (χ1) is 12.8. The average Bonchev–Trinajstić information content (AvgIpc) is 2.83. The van der Waals surface area contributed by atoms with Crippen LogP contribution >= 0.6 is 0 Å². The van der Waals surface area contributed by atoms with Crippen molar-refractivity contribution >= 4 is 10.0 Å². The smallest absolute Gasteiger partial charge is 0.211 e. The lowest BCUT2D eigenvalue weighted by Crippen LogP contribution is -2.53. The van der Waals surface area contributed by atoms with E-state index < -0.39 is 15.6 Å². The fraction of sp³-hybridized carbons (Fsp3) is 0.684. The minimum Gasteiger partial charge on any atom is -0.490 e. The summed E-state index contributed by atoms with van der Waals surface area (Å²) in [6.45, 7) is 5.21. The Morgan fingerprint density at radius 1 is 1.22 bits per heavy atom. The Hall–Kier alpha value is -1.19. The molecule has 0 radical (unpaired) electrons. The summed E-state index contributed by atoms with van der Waals surface area (Å²) in [7, 11) is -3.13. The van der Waals surface area contributed by atoms with Crippen LogP contribution in [0.3, 0.4) is 0 Å². The largest absolute Gasteiger partial charge is 0.490 e. The molecule has 1 aromatic rings. The molecule has 3 rings (SSSR count). The van der Waals surface area contributed by atoms with Crippen LogP contribution < -0.4 is 4.74 Å². The van der Waals surface area contributed by atoms with Crippen molar-refractivity contribution in [1.29, 1.82) is 0 Å². The van der Waals surface area contributed by atoms with E-state index >= 15 is 0 Å². The number of rotatable bonds is 5. The molecule has 7 nitrogen and oxygen atoms in total. The van der Waals surface area contributed by atoms with Crippen LogP contribution in [0.25, 0.3) is 0 Å². The fourth-order valence-electron chi connectivity index (χ4n) is 3.74. The monoisotopic (exact) mass is 398 g/mol. The van der Waals surface area contributed by atoms with Crippen LogP contribution in [0.15, 0.2) is 24.3 Å². The van der Waals surface area contributed by atoms with E-state index in [1.165, 1.54) is 10.6 Å². The van der Waals surface area contributed by atoms with E-state index in [0.29, 0.717) is 26.2 Å². The number of ether oxygens (including phenoxy) is 2. The van der Waals surface area contributed by atoms with Crippen molar-refractivity contribution in [2.75, 3.05) is 52.3 Å². The molecule has 0 saturated carbocycles. The Kier molecular flexibility index (Phi) is 6.43. The molecule has 0 unspecified atom stereocenters. The molecule has 152 valence electrons. The molecule has 0 amide bonds. The Balaban J connectivity index is 1.58. The zero-order valence-electron chi connectivity index (χ0n) is 16.1. The first kappa shape index (κ1) is 20.5. The third-order valence-electron chi connectivity index (χ3n) is 5.33. The van der Waals surface area contributed by atoms with Gasteiger partial charge < -0.3 is 14.6 Å². The lowest BCUT2D eigenvalue weighted by molar-refractivity contribution is -0.0684. The van der Waals surface area contributed by atoms with E-state index in [-0.39, 0.29) is 19.3 Å². The Labute approximate surface area is 161 Å². The molecule has 2 aliphatic heterocycles. The van der Waals surface area contributed by atoms with Gasteiger partial charge in [-0.05, 0) is 31.9 Å². The van der Waals surface area contributed by atoms with Gasteiger partial charge in [0, 0.05) is 32.2 Å². The lowest BCUT2D eigenvalue weighted by Gasteiger charge is -2.39. The van der Waals surface area contributed by atoms with Crippen LogP contribution in [0, 0.1) is 6.92 Å². The van der Waals surface area contributed by atoms with E-state index in [9.17, 15) is 13.5 Å². The van der Waals surface area contributed by atoms with E-state index in [2.05, 4.69) is 4.90 Å². The number of β-amino-alcohol motifs (C(OH)–C–C–N with tert-alkyl or cyclic N) is 1. The fourth-order valence-corrected chi connectivity index (χ4v) is 4.61. The van der Waals surface area contributed by atoms with Gasteiger partial charge in [0.1, 0.15) is 18.0 Å². The minimum absolute atomic E-state index is 0.161. The van der Waals surface area contributed by atoms with Crippen LogP contribution in [0.2, 0.25) is 0 Å². The number of hydrogen-bond donors (Lipinski definition) is 1. The van der Waals surface area contributed by atoms with E-state index in [4.69, 9.17) is 9.47 Å². The standard InChI is InChI=1S/C19H30N2O5S/c1-16-3-5-18(6-4-16)26-15-19(22)13-20(11-12-25-14-19)17-7-9-21(10-8-17)27(2,23)24/h3-6,17,22H,7-15H2,1-2H3/t19-/m1/s1. The summed E-state index contributed by atoms with van der Waals surface area (Å²) in [4.78, 5) is 2.23. The Morgan fingerprint density at radius 3 is 2.52 bits per heavy atom. The second-order valence-electron chi connectivity index (χ2n) is 7.74. The molecule has 2 aliphatic rings. The summed E-state index contributed by atoms with van der Waals surface area (Å²) in [6, 6.07) is 8.00. The molecule has 2 saturated heterocycles. The molecule has 0 aromatic heterocycles. The SMILES string of the molecule is Cc1ccc(OC[C@]2(O)COCCN(C3CCN(S(C)(=O)=O)CC3)C2)cc1. The molecular weight excluding hydrogens is 368 g/mol. The number of aryl methyl sites for hydroxylation is 1. The van der Waals surface area contributed by atoms with Gasteiger partial charge in [-0.1, -0.05) is 17.7 Å². The van der Waals surface area contributed by atoms with Gasteiger partial charge in [0.05, 0.1) is 19.5 Å². The van der Waals surface area contributed by atoms with Crippen LogP contribution in [-0.2, 0) is 14.8 Å². The quantitative estimate of drug-likeness (QED) is 0.793. The molecular formula is C19H30N2O5S. The van der Waals surface area contributed by atoms with Gasteiger partial charge in [0.2, 0.25) is 10.0 Å². The van der Waals surface area contributed by atoms with Gasteiger partial charge in [-0.15, -0.1) is 0 Å². The predicted octanol–water partition coefficient (Wildman–Crippen LogP) is 0.861. The van der Waals surface area contributed by atoms with Crippen molar-refractivity contribution in [2.45, 2.75) is 31.4 Å². The first-order valence-electron chi connectivity index (χ1n) is 9.44. The number of sulfonamides is 1. The molecule has 0 aliphatic carbocycles. The molecule has 1 aromatic carbocycles. The molecule has 1 atom stereocenters. The number of benzene rings is 1. The van der Waals surface area contributed by atoms with Crippen LogP contribution in [0.5, 0.6) is 5.75 Å². The lowest BCUT2D eigenvalue weighted by atomic mass is 10.0. The molecule has 1 N–H and O–H groups in total. The molecule has 8 heteroatoms. The van der Waals surface area contributed by atoms with Gasteiger partial charge in [-0.2, -0.15) is 0 Å². The summed E-state index contributed by atoms with van der Waals surface area (Å²) in [5.41, 5.74) is 0.0699. The molecule has 27 heavy (non-hydrogen) atoms. The van der Waals surface area contributed by atoms with Gasteiger partial charge >= 0.3 is 0 Å². The third-order valence-corrected chi connectivity index (χ3v) is 6.63. The highest BCUT2D eigenvalue weighted by Crippen LogP contribution is 2.23. The van der Waals surface area contributed by atoms with Crippen molar-refractivity contribution in [2.24, 2.45) is 0 Å². The third kappa shape index (κ3) is 5.65. The predicted molar refractivity (Wildman–Crippen MR) is 103 cm³/mol. The van der Waals surface area contributed by atoms with Crippen molar-refractivity contribution in [3.8, 4) is 5.75 Å². The zero-order valence-corrected chi connectivity index (χ0v) is 17.0. The summed E-state index contributed by atoms with van der Waals surface area (Å²) in [5.74, 6) is 0.728. The van der Waals surface area contributed by atoms with Gasteiger partial charge in [-0.3, -0.25) is 4.90 Å². The topological polar surface area (TPSA) is 79.3 Å². The molecule has 0 bridgehead atoms. The van der Waals surface area contributed by atoms with Gasteiger partial charge in [-0.25, -0.2) is 12.7 Å². The van der Waals surface area contributed by atoms with Gasteiger partial charge in [0.15, 0.2) is 0 Å². The zero-order chi connectivity index (χ0) is 19.5. The van der Waals surface area contributed by atoms with Crippen molar-refractivity contribution in [3.05, 3.63) is 29.8 Å². The van der Waals surface area contributed by atoms with Crippen molar-refractivity contribution in [1.82, 2.24) is 9.21 Å². The molecule has 2 fully saturated rings. The van der Waals surface area contributed by atoms with Crippen LogP contribution in [-0.4, -0.2) is 86.6 Å².